The summed E-state index contributed by atoms with van der Waals surface area (Å²) in [4.78, 5) is 12.9. The minimum absolute atomic E-state index is 0. The number of fused-ring (bicyclic) bond motifs is 3. The Morgan fingerprint density at radius 2 is 1.61 bits per heavy atom. The molecule has 7 aromatic rings. The molecule has 0 saturated heterocycles. The smallest absolute Gasteiger partial charge is 0.218 e. The summed E-state index contributed by atoms with van der Waals surface area (Å²) in [5.41, 5.74) is 7.61. The Morgan fingerprint density at radius 3 is 2.33 bits per heavy atom. The number of hydrogen-bond donors (Lipinski definition) is 0. The number of halogens is 1. The van der Waals surface area contributed by atoms with Crippen molar-refractivity contribution in [3.63, 3.8) is 0 Å². The molecule has 1 radical (unpaired) electrons. The van der Waals surface area contributed by atoms with Crippen molar-refractivity contribution in [1.29, 1.82) is 0 Å². The molecule has 0 aliphatic carbocycles. The van der Waals surface area contributed by atoms with Gasteiger partial charge >= 0.3 is 0 Å². The van der Waals surface area contributed by atoms with Gasteiger partial charge in [-0.05, 0) is 51.8 Å². The van der Waals surface area contributed by atoms with E-state index in [-0.39, 0.29) is 25.8 Å². The van der Waals surface area contributed by atoms with Gasteiger partial charge < -0.3 is 14.4 Å². The van der Waals surface area contributed by atoms with Gasteiger partial charge in [0, 0.05) is 39.3 Å². The Morgan fingerprint density at radius 1 is 0.826 bits per heavy atom. The summed E-state index contributed by atoms with van der Waals surface area (Å²) in [6, 6.07) is 37.6. The minimum Gasteiger partial charge on any atom is -0.486 e. The molecule has 0 N–H and O–H groups in total. The van der Waals surface area contributed by atoms with Crippen molar-refractivity contribution in [2.24, 2.45) is 0 Å². The molecule has 0 fully saturated rings. The quantitative estimate of drug-likeness (QED) is 0.0989. The summed E-state index contributed by atoms with van der Waals surface area (Å²) < 4.78 is 27.3. The van der Waals surface area contributed by atoms with Crippen LogP contribution in [0.3, 0.4) is 0 Å². The fraction of sp³-hybridized carbons (Fsp3) is 0.154. The SMILES string of the molecule is C[Si](C)(C)c1cnc(-c2[c-]cccc2)cc1-c1ccccc1.[2H]C(C)(C)c1ccnc(-c2[c-]ccc3c2oc2nc(F)ccc23)c1.[Ir]. The van der Waals surface area contributed by atoms with E-state index in [1.165, 1.54) is 22.4 Å². The molecule has 0 atom stereocenters. The fourth-order valence-electron chi connectivity index (χ4n) is 5.28. The van der Waals surface area contributed by atoms with E-state index in [4.69, 9.17) is 10.8 Å². The average Bonchev–Trinajstić information content (AvgIpc) is 3.42. The normalized spacial score (nSPS) is 11.8. The molecule has 0 unspecified atom stereocenters. The van der Waals surface area contributed by atoms with Crippen molar-refractivity contribution in [3.8, 4) is 33.6 Å². The Hall–Kier alpha value is -4.29. The van der Waals surface area contributed by atoms with E-state index >= 15 is 0 Å². The van der Waals surface area contributed by atoms with E-state index in [0.717, 1.165) is 27.6 Å². The van der Waals surface area contributed by atoms with Crippen LogP contribution < -0.4 is 5.19 Å². The molecule has 0 aliphatic heterocycles. The summed E-state index contributed by atoms with van der Waals surface area (Å²) >= 11 is 0. The third-order valence-corrected chi connectivity index (χ3v) is 9.65. The van der Waals surface area contributed by atoms with Crippen LogP contribution in [0, 0.1) is 18.1 Å². The molecule has 0 aliphatic rings. The molecule has 0 amide bonds. The van der Waals surface area contributed by atoms with Gasteiger partial charge in [-0.2, -0.15) is 9.37 Å². The second-order valence-electron chi connectivity index (χ2n) is 12.1. The van der Waals surface area contributed by atoms with E-state index in [1.807, 2.05) is 50.2 Å². The van der Waals surface area contributed by atoms with Gasteiger partial charge in [-0.3, -0.25) is 0 Å². The molecule has 0 saturated carbocycles. The summed E-state index contributed by atoms with van der Waals surface area (Å²) in [6.45, 7) is 10.7. The number of nitrogens with zero attached hydrogens (tertiary/aromatic N) is 3. The van der Waals surface area contributed by atoms with E-state index in [9.17, 15) is 4.39 Å². The second-order valence-corrected chi connectivity index (χ2v) is 17.2. The van der Waals surface area contributed by atoms with Crippen LogP contribution in [0.15, 0.2) is 114 Å². The first-order valence-corrected chi connectivity index (χ1v) is 18.4. The first-order chi connectivity index (χ1) is 22.0. The van der Waals surface area contributed by atoms with Gasteiger partial charge in [0.25, 0.3) is 0 Å². The second kappa shape index (κ2) is 14.0. The van der Waals surface area contributed by atoms with Crippen molar-refractivity contribution in [2.45, 2.75) is 39.4 Å². The number of hydrogen-bond acceptors (Lipinski definition) is 4. The molecule has 0 bridgehead atoms. The zero-order valence-electron chi connectivity index (χ0n) is 27.4. The van der Waals surface area contributed by atoms with Gasteiger partial charge in [-0.15, -0.1) is 54.1 Å². The molecule has 4 heterocycles. The number of rotatable bonds is 5. The Balaban J connectivity index is 0.000000181. The van der Waals surface area contributed by atoms with Crippen molar-refractivity contribution < 1.29 is 30.3 Å². The molecule has 4 aromatic heterocycles. The standard InChI is InChI=1S/C20H20NSi.C19H14FN2O.Ir/c1-22(2,3)20-15-21-19(17-12-8-5-9-13-17)14-18(20)16-10-6-4-7-11-16;1-11(2)12-8-9-21-16(10-12)15-5-3-4-13-14-6-7-17(20)22-19(14)23-18(13)15;/h4-12,14-15H,1-3H3;3-4,6-11H,1-2H3;/q2*-1;/i;11D;. The number of pyridine rings is 3. The van der Waals surface area contributed by atoms with Gasteiger partial charge in [0.2, 0.25) is 11.7 Å². The van der Waals surface area contributed by atoms with E-state index < -0.39 is 19.9 Å². The van der Waals surface area contributed by atoms with Crippen LogP contribution in [0.25, 0.3) is 55.7 Å². The largest absolute Gasteiger partial charge is 0.486 e. The third kappa shape index (κ3) is 7.07. The van der Waals surface area contributed by atoms with Gasteiger partial charge in [-0.1, -0.05) is 92.5 Å². The zero-order valence-corrected chi connectivity index (χ0v) is 29.7. The molecule has 3 aromatic carbocycles. The van der Waals surface area contributed by atoms with E-state index in [2.05, 4.69) is 90.4 Å². The van der Waals surface area contributed by atoms with Crippen molar-refractivity contribution in [2.75, 3.05) is 0 Å². The molecule has 7 rings (SSSR count). The van der Waals surface area contributed by atoms with Crippen LogP contribution in [-0.2, 0) is 20.1 Å². The van der Waals surface area contributed by atoms with Crippen LogP contribution in [0.4, 0.5) is 4.39 Å². The molecule has 0 spiro atoms. The van der Waals surface area contributed by atoms with Crippen LogP contribution >= 0.6 is 0 Å². The Bertz CT molecular complexity index is 2140. The van der Waals surface area contributed by atoms with Crippen molar-refractivity contribution in [1.82, 2.24) is 15.0 Å². The topological polar surface area (TPSA) is 51.8 Å². The molecular formula is C39H34FIrN3OSi-2. The maximum atomic E-state index is 13.4. The van der Waals surface area contributed by atoms with Gasteiger partial charge in [0.15, 0.2) is 0 Å². The molecule has 7 heteroatoms. The number of aromatic nitrogens is 3. The average molecular weight is 801 g/mol. The predicted molar refractivity (Wildman–Crippen MR) is 185 cm³/mol. The van der Waals surface area contributed by atoms with Gasteiger partial charge in [-0.25, -0.2) is 0 Å². The maximum Gasteiger partial charge on any atom is 0.218 e. The first-order valence-electron chi connectivity index (χ1n) is 15.4. The number of benzene rings is 3. The van der Waals surface area contributed by atoms with Gasteiger partial charge in [0.05, 0.1) is 13.7 Å². The van der Waals surface area contributed by atoms with Crippen molar-refractivity contribution >= 4 is 35.3 Å². The summed E-state index contributed by atoms with van der Waals surface area (Å²) in [6.07, 6.45) is 3.75. The van der Waals surface area contributed by atoms with Crippen LogP contribution in [0.5, 0.6) is 0 Å². The molecule has 4 nitrogen and oxygen atoms in total. The van der Waals surface area contributed by atoms with E-state index in [1.54, 1.807) is 18.3 Å². The maximum absolute atomic E-state index is 13.4. The zero-order chi connectivity index (χ0) is 32.5. The summed E-state index contributed by atoms with van der Waals surface area (Å²) in [5.74, 6) is -1.31. The van der Waals surface area contributed by atoms with E-state index in [0.29, 0.717) is 16.8 Å². The molecule has 233 valence electrons. The molecular weight excluding hydrogens is 766 g/mol. The molecule has 46 heavy (non-hydrogen) atoms. The van der Waals surface area contributed by atoms with Crippen LogP contribution in [-0.4, -0.2) is 23.0 Å². The first kappa shape index (κ1) is 31.7. The van der Waals surface area contributed by atoms with Crippen LogP contribution in [0.2, 0.25) is 19.6 Å². The fourth-order valence-corrected chi connectivity index (χ4v) is 6.75. The predicted octanol–water partition coefficient (Wildman–Crippen LogP) is 9.86. The summed E-state index contributed by atoms with van der Waals surface area (Å²) in [7, 11) is -1.46. The van der Waals surface area contributed by atoms with Gasteiger partial charge in [0.1, 0.15) is 0 Å². The summed E-state index contributed by atoms with van der Waals surface area (Å²) in [5, 5.41) is 2.99. The number of furan rings is 1. The van der Waals surface area contributed by atoms with Crippen molar-refractivity contribution in [3.05, 3.63) is 133 Å². The van der Waals surface area contributed by atoms with Crippen LogP contribution in [0.1, 0.15) is 26.7 Å². The minimum atomic E-state index is -1.46. The third-order valence-electron chi connectivity index (χ3n) is 7.64. The Kier molecular flexibility index (Phi) is 9.64. The monoisotopic (exact) mass is 801 g/mol. The Labute approximate surface area is 285 Å².